The molecule has 0 saturated heterocycles. The summed E-state index contributed by atoms with van der Waals surface area (Å²) in [5, 5.41) is 3.19. The standard InChI is InChI=1S/C21H16N2O3/c22-20(24)15-7-5-13(6-8-15)12-26-21(25)19-11-17-16-4-2-1-3-14(16)9-10-18(17)23-19/h1-11,23H,12H2,(H2,22,24). The van der Waals surface area contributed by atoms with E-state index in [9.17, 15) is 9.59 Å². The molecule has 128 valence electrons. The number of nitrogens with one attached hydrogen (secondary N) is 1. The van der Waals surface area contributed by atoms with Gasteiger partial charge in [0.2, 0.25) is 5.91 Å². The average Bonchev–Trinajstić information content (AvgIpc) is 3.11. The molecular formula is C21H16N2O3. The third-order valence-corrected chi connectivity index (χ3v) is 4.36. The zero-order valence-electron chi connectivity index (χ0n) is 13.9. The van der Waals surface area contributed by atoms with E-state index in [0.717, 1.165) is 27.2 Å². The van der Waals surface area contributed by atoms with Gasteiger partial charge in [-0.1, -0.05) is 42.5 Å². The summed E-state index contributed by atoms with van der Waals surface area (Å²) in [4.78, 5) is 26.6. The number of primary amides is 1. The predicted octanol–water partition coefficient (Wildman–Crippen LogP) is 3.78. The fourth-order valence-corrected chi connectivity index (χ4v) is 2.99. The Morgan fingerprint density at radius 2 is 1.69 bits per heavy atom. The van der Waals surface area contributed by atoms with Crippen LogP contribution in [0.2, 0.25) is 0 Å². The smallest absolute Gasteiger partial charge is 0.355 e. The minimum absolute atomic E-state index is 0.119. The minimum atomic E-state index is -0.487. The maximum Gasteiger partial charge on any atom is 0.355 e. The van der Waals surface area contributed by atoms with Crippen LogP contribution in [0.5, 0.6) is 0 Å². The summed E-state index contributed by atoms with van der Waals surface area (Å²) in [5.74, 6) is -0.914. The number of aromatic nitrogens is 1. The summed E-state index contributed by atoms with van der Waals surface area (Å²) in [6.07, 6.45) is 0. The average molecular weight is 344 g/mol. The molecule has 4 aromatic rings. The molecule has 0 atom stereocenters. The first-order valence-corrected chi connectivity index (χ1v) is 8.18. The number of ether oxygens (including phenoxy) is 1. The lowest BCUT2D eigenvalue weighted by molar-refractivity contribution is 0.0466. The lowest BCUT2D eigenvalue weighted by atomic mass is 10.1. The number of nitrogens with two attached hydrogens (primary N) is 1. The van der Waals surface area contributed by atoms with E-state index in [0.29, 0.717) is 11.3 Å². The Balaban J connectivity index is 1.54. The molecule has 0 aliphatic heterocycles. The molecule has 0 spiro atoms. The van der Waals surface area contributed by atoms with E-state index in [4.69, 9.17) is 10.5 Å². The number of hydrogen-bond donors (Lipinski definition) is 2. The topological polar surface area (TPSA) is 85.2 Å². The van der Waals surface area contributed by atoms with Crippen molar-refractivity contribution in [2.24, 2.45) is 5.73 Å². The van der Waals surface area contributed by atoms with Crippen molar-refractivity contribution in [2.75, 3.05) is 0 Å². The SMILES string of the molecule is NC(=O)c1ccc(COC(=O)c2cc3c(ccc4ccccc43)[nH]2)cc1. The Labute approximate surface area is 149 Å². The minimum Gasteiger partial charge on any atom is -0.456 e. The number of esters is 1. The first kappa shape index (κ1) is 15.9. The molecule has 0 fully saturated rings. The molecule has 0 aliphatic carbocycles. The van der Waals surface area contributed by atoms with Gasteiger partial charge in [-0.3, -0.25) is 4.79 Å². The number of carbonyl (C=O) groups is 2. The van der Waals surface area contributed by atoms with Crippen molar-refractivity contribution >= 4 is 33.6 Å². The predicted molar refractivity (Wildman–Crippen MR) is 99.9 cm³/mol. The van der Waals surface area contributed by atoms with Crippen molar-refractivity contribution in [3.63, 3.8) is 0 Å². The van der Waals surface area contributed by atoms with Gasteiger partial charge in [0.1, 0.15) is 12.3 Å². The summed E-state index contributed by atoms with van der Waals surface area (Å²) < 4.78 is 5.37. The maximum atomic E-state index is 12.4. The van der Waals surface area contributed by atoms with E-state index in [1.54, 1.807) is 24.3 Å². The Bertz CT molecular complexity index is 1130. The third kappa shape index (κ3) is 2.91. The summed E-state index contributed by atoms with van der Waals surface area (Å²) >= 11 is 0. The molecule has 0 radical (unpaired) electrons. The number of fused-ring (bicyclic) bond motifs is 3. The van der Waals surface area contributed by atoms with Crippen LogP contribution in [0.15, 0.2) is 66.7 Å². The normalized spacial score (nSPS) is 10.9. The molecule has 4 rings (SSSR count). The van der Waals surface area contributed by atoms with Crippen LogP contribution in [0.25, 0.3) is 21.7 Å². The van der Waals surface area contributed by atoms with Crippen LogP contribution in [-0.2, 0) is 11.3 Å². The molecule has 0 unspecified atom stereocenters. The van der Waals surface area contributed by atoms with E-state index in [1.807, 2.05) is 42.5 Å². The molecule has 1 aromatic heterocycles. The molecule has 5 nitrogen and oxygen atoms in total. The van der Waals surface area contributed by atoms with Gasteiger partial charge in [-0.05, 0) is 40.6 Å². The van der Waals surface area contributed by atoms with Gasteiger partial charge in [-0.15, -0.1) is 0 Å². The number of carbonyl (C=O) groups excluding carboxylic acids is 2. The van der Waals surface area contributed by atoms with Crippen LogP contribution in [0.4, 0.5) is 0 Å². The van der Waals surface area contributed by atoms with E-state index >= 15 is 0 Å². The van der Waals surface area contributed by atoms with Crippen molar-refractivity contribution in [1.29, 1.82) is 0 Å². The molecule has 3 N–H and O–H groups in total. The van der Waals surface area contributed by atoms with Crippen LogP contribution < -0.4 is 5.73 Å². The Morgan fingerprint density at radius 3 is 2.46 bits per heavy atom. The highest BCUT2D eigenvalue weighted by atomic mass is 16.5. The van der Waals surface area contributed by atoms with E-state index < -0.39 is 11.9 Å². The van der Waals surface area contributed by atoms with E-state index in [2.05, 4.69) is 4.98 Å². The van der Waals surface area contributed by atoms with Crippen LogP contribution in [0, 0.1) is 0 Å². The van der Waals surface area contributed by atoms with Crippen molar-refractivity contribution in [2.45, 2.75) is 6.61 Å². The van der Waals surface area contributed by atoms with Gasteiger partial charge >= 0.3 is 5.97 Å². The zero-order chi connectivity index (χ0) is 18.1. The highest BCUT2D eigenvalue weighted by Crippen LogP contribution is 2.26. The molecule has 0 aliphatic rings. The van der Waals surface area contributed by atoms with Crippen molar-refractivity contribution in [3.8, 4) is 0 Å². The van der Waals surface area contributed by atoms with Gasteiger partial charge < -0.3 is 15.5 Å². The Morgan fingerprint density at radius 1 is 0.923 bits per heavy atom. The summed E-state index contributed by atoms with van der Waals surface area (Å²) in [7, 11) is 0. The van der Waals surface area contributed by atoms with Crippen molar-refractivity contribution in [3.05, 3.63) is 83.6 Å². The highest BCUT2D eigenvalue weighted by molar-refractivity contribution is 6.09. The summed E-state index contributed by atoms with van der Waals surface area (Å²) in [6.45, 7) is 0.119. The first-order valence-electron chi connectivity index (χ1n) is 8.18. The lowest BCUT2D eigenvalue weighted by Gasteiger charge is -2.04. The molecule has 1 amide bonds. The monoisotopic (exact) mass is 344 g/mol. The first-order chi connectivity index (χ1) is 12.6. The number of benzene rings is 3. The van der Waals surface area contributed by atoms with Gasteiger partial charge in [0.15, 0.2) is 0 Å². The largest absolute Gasteiger partial charge is 0.456 e. The van der Waals surface area contributed by atoms with Crippen LogP contribution >= 0.6 is 0 Å². The Hall–Kier alpha value is -3.60. The maximum absolute atomic E-state index is 12.4. The second-order valence-electron chi connectivity index (χ2n) is 6.07. The molecule has 1 heterocycles. The fourth-order valence-electron chi connectivity index (χ4n) is 2.99. The van der Waals surface area contributed by atoms with Gasteiger partial charge in [0.25, 0.3) is 0 Å². The summed E-state index contributed by atoms with van der Waals surface area (Å²) in [5.41, 5.74) is 7.71. The van der Waals surface area contributed by atoms with Gasteiger partial charge in [-0.2, -0.15) is 0 Å². The van der Waals surface area contributed by atoms with Gasteiger partial charge in [0, 0.05) is 16.5 Å². The summed E-state index contributed by atoms with van der Waals surface area (Å²) in [6, 6.07) is 20.5. The molecular weight excluding hydrogens is 328 g/mol. The number of H-pyrrole nitrogens is 1. The lowest BCUT2D eigenvalue weighted by Crippen LogP contribution is -2.11. The highest BCUT2D eigenvalue weighted by Gasteiger charge is 2.13. The zero-order valence-corrected chi connectivity index (χ0v) is 13.9. The number of aromatic amines is 1. The number of hydrogen-bond acceptors (Lipinski definition) is 3. The fraction of sp³-hybridized carbons (Fsp3) is 0.0476. The molecule has 5 heteroatoms. The number of amides is 1. The molecule has 26 heavy (non-hydrogen) atoms. The van der Waals surface area contributed by atoms with Gasteiger partial charge in [-0.25, -0.2) is 4.79 Å². The Kier molecular flexibility index (Phi) is 3.89. The molecule has 0 bridgehead atoms. The number of rotatable bonds is 4. The molecule has 0 saturated carbocycles. The van der Waals surface area contributed by atoms with E-state index in [1.165, 1.54) is 0 Å². The molecule has 3 aromatic carbocycles. The quantitative estimate of drug-likeness (QED) is 0.553. The second kappa shape index (κ2) is 6.37. The van der Waals surface area contributed by atoms with Crippen LogP contribution in [0.3, 0.4) is 0 Å². The van der Waals surface area contributed by atoms with Crippen molar-refractivity contribution < 1.29 is 14.3 Å². The second-order valence-corrected chi connectivity index (χ2v) is 6.07. The van der Waals surface area contributed by atoms with Crippen molar-refractivity contribution in [1.82, 2.24) is 4.98 Å². The van der Waals surface area contributed by atoms with Crippen LogP contribution in [0.1, 0.15) is 26.4 Å². The third-order valence-electron chi connectivity index (χ3n) is 4.36. The van der Waals surface area contributed by atoms with Crippen LogP contribution in [-0.4, -0.2) is 16.9 Å². The van der Waals surface area contributed by atoms with Gasteiger partial charge in [0.05, 0.1) is 0 Å². The van der Waals surface area contributed by atoms with E-state index in [-0.39, 0.29) is 6.61 Å².